The highest BCUT2D eigenvalue weighted by atomic mass is 35.5. The summed E-state index contributed by atoms with van der Waals surface area (Å²) in [7, 11) is 2.12. The second-order valence-electron chi connectivity index (χ2n) is 5.23. The molecule has 5 heteroatoms. The molecule has 0 saturated carbocycles. The number of hydrogen-bond donors (Lipinski definition) is 1. The maximum Gasteiger partial charge on any atom is 0.180 e. The highest BCUT2D eigenvalue weighted by molar-refractivity contribution is 7.15. The van der Waals surface area contributed by atoms with Crippen molar-refractivity contribution < 1.29 is 0 Å². The Morgan fingerprint density at radius 3 is 2.35 bits per heavy atom. The number of thiazole rings is 1. The summed E-state index contributed by atoms with van der Waals surface area (Å²) in [5, 5.41) is 0.643. The smallest absolute Gasteiger partial charge is 0.180 e. The van der Waals surface area contributed by atoms with Gasteiger partial charge >= 0.3 is 0 Å². The van der Waals surface area contributed by atoms with Gasteiger partial charge in [0.2, 0.25) is 0 Å². The number of aromatic nitrogens is 1. The van der Waals surface area contributed by atoms with Gasteiger partial charge < -0.3 is 5.73 Å². The van der Waals surface area contributed by atoms with Gasteiger partial charge in [0.15, 0.2) is 5.13 Å². The maximum absolute atomic E-state index is 5.64. The summed E-state index contributed by atoms with van der Waals surface area (Å²) in [5.41, 5.74) is 8.37. The predicted octanol–water partition coefficient (Wildman–Crippen LogP) is 3.90. The van der Waals surface area contributed by atoms with Gasteiger partial charge in [-0.15, -0.1) is 23.7 Å². The molecule has 2 aromatic rings. The molecular weight excluding hydrogens is 290 g/mol. The van der Waals surface area contributed by atoms with E-state index in [1.165, 1.54) is 16.0 Å². The number of rotatable bonds is 5. The lowest BCUT2D eigenvalue weighted by Gasteiger charge is -2.16. The minimum atomic E-state index is 0. The van der Waals surface area contributed by atoms with Crippen LogP contribution in [0.5, 0.6) is 0 Å². The van der Waals surface area contributed by atoms with Gasteiger partial charge in [0, 0.05) is 24.2 Å². The normalized spacial score (nSPS) is 10.8. The first-order valence-corrected chi connectivity index (χ1v) is 7.34. The molecule has 0 radical (unpaired) electrons. The minimum absolute atomic E-state index is 0. The zero-order valence-electron chi connectivity index (χ0n) is 12.2. The summed E-state index contributed by atoms with van der Waals surface area (Å²) in [5.74, 6) is 0.590. The molecule has 0 bridgehead atoms. The van der Waals surface area contributed by atoms with Crippen LogP contribution in [-0.4, -0.2) is 16.9 Å². The standard InChI is InChI=1S/C15H21N3S.ClH/c1-11(2)13-6-4-12(5-7-13)9-18(3)10-14-8-17-15(16)19-14;/h4-8,11H,9-10H2,1-3H3,(H2,16,17);1H. The van der Waals surface area contributed by atoms with Crippen LogP contribution in [0, 0.1) is 0 Å². The van der Waals surface area contributed by atoms with Gasteiger partial charge in [0.05, 0.1) is 0 Å². The molecule has 0 spiro atoms. The van der Waals surface area contributed by atoms with Gasteiger partial charge in [-0.2, -0.15) is 0 Å². The molecule has 0 unspecified atom stereocenters. The van der Waals surface area contributed by atoms with Gasteiger partial charge in [-0.3, -0.25) is 4.90 Å². The summed E-state index contributed by atoms with van der Waals surface area (Å²) in [4.78, 5) is 7.56. The van der Waals surface area contributed by atoms with E-state index in [4.69, 9.17) is 5.73 Å². The number of nitrogen functional groups attached to an aromatic ring is 1. The highest BCUT2D eigenvalue weighted by Gasteiger charge is 2.05. The Labute approximate surface area is 131 Å². The Morgan fingerprint density at radius 1 is 1.20 bits per heavy atom. The van der Waals surface area contributed by atoms with E-state index in [2.05, 4.69) is 55.0 Å². The second-order valence-corrected chi connectivity index (χ2v) is 6.38. The lowest BCUT2D eigenvalue weighted by molar-refractivity contribution is 0.322. The van der Waals surface area contributed by atoms with Gasteiger partial charge in [-0.25, -0.2) is 4.98 Å². The van der Waals surface area contributed by atoms with E-state index in [-0.39, 0.29) is 12.4 Å². The van der Waals surface area contributed by atoms with Gasteiger partial charge in [-0.05, 0) is 24.1 Å². The first-order chi connectivity index (χ1) is 9.04. The third kappa shape index (κ3) is 4.78. The zero-order valence-corrected chi connectivity index (χ0v) is 13.8. The summed E-state index contributed by atoms with van der Waals surface area (Å²) in [6, 6.07) is 8.87. The van der Waals surface area contributed by atoms with Crippen LogP contribution in [0.25, 0.3) is 0 Å². The number of halogens is 1. The first kappa shape index (κ1) is 17.0. The lowest BCUT2D eigenvalue weighted by Crippen LogP contribution is -2.16. The monoisotopic (exact) mass is 311 g/mol. The Morgan fingerprint density at radius 2 is 1.85 bits per heavy atom. The Kier molecular flexibility index (Phi) is 6.46. The van der Waals surface area contributed by atoms with Crippen LogP contribution in [0.4, 0.5) is 5.13 Å². The molecule has 1 heterocycles. The predicted molar refractivity (Wildman–Crippen MR) is 89.5 cm³/mol. The van der Waals surface area contributed by atoms with E-state index in [1.54, 1.807) is 11.3 Å². The molecule has 110 valence electrons. The van der Waals surface area contributed by atoms with Crippen molar-refractivity contribution in [2.24, 2.45) is 0 Å². The van der Waals surface area contributed by atoms with Crippen molar-refractivity contribution in [3.8, 4) is 0 Å². The number of anilines is 1. The van der Waals surface area contributed by atoms with Gasteiger partial charge in [0.1, 0.15) is 0 Å². The van der Waals surface area contributed by atoms with Crippen LogP contribution >= 0.6 is 23.7 Å². The zero-order chi connectivity index (χ0) is 13.8. The van der Waals surface area contributed by atoms with Crippen molar-refractivity contribution >= 4 is 28.9 Å². The quantitative estimate of drug-likeness (QED) is 0.910. The molecule has 0 aliphatic rings. The molecule has 1 aromatic carbocycles. The van der Waals surface area contributed by atoms with E-state index in [0.29, 0.717) is 11.0 Å². The molecule has 0 aliphatic carbocycles. The highest BCUT2D eigenvalue weighted by Crippen LogP contribution is 2.18. The van der Waals surface area contributed by atoms with E-state index < -0.39 is 0 Å². The van der Waals surface area contributed by atoms with Crippen molar-refractivity contribution in [1.82, 2.24) is 9.88 Å². The number of nitrogens with two attached hydrogens (primary N) is 1. The van der Waals surface area contributed by atoms with Gasteiger partial charge in [-0.1, -0.05) is 38.1 Å². The lowest BCUT2D eigenvalue weighted by atomic mass is 10.0. The Balaban J connectivity index is 0.00000200. The number of benzene rings is 1. The summed E-state index contributed by atoms with van der Waals surface area (Å²) in [6.07, 6.45) is 1.86. The van der Waals surface area contributed by atoms with Crippen LogP contribution < -0.4 is 5.73 Å². The second kappa shape index (κ2) is 7.62. The average molecular weight is 312 g/mol. The van der Waals surface area contributed by atoms with Crippen molar-refractivity contribution in [2.75, 3.05) is 12.8 Å². The molecule has 0 fully saturated rings. The molecule has 0 amide bonds. The molecule has 0 saturated heterocycles. The molecule has 1 aromatic heterocycles. The van der Waals surface area contributed by atoms with E-state index in [0.717, 1.165) is 13.1 Å². The van der Waals surface area contributed by atoms with E-state index in [1.807, 2.05) is 6.20 Å². The fraction of sp³-hybridized carbons (Fsp3) is 0.400. The Bertz CT molecular complexity index is 522. The summed E-state index contributed by atoms with van der Waals surface area (Å²) >= 11 is 1.56. The molecule has 0 aliphatic heterocycles. The SMILES string of the molecule is CC(C)c1ccc(CN(C)Cc2cnc(N)s2)cc1.Cl. The molecule has 2 rings (SSSR count). The van der Waals surface area contributed by atoms with Gasteiger partial charge in [0.25, 0.3) is 0 Å². The minimum Gasteiger partial charge on any atom is -0.375 e. The van der Waals surface area contributed by atoms with Crippen LogP contribution in [-0.2, 0) is 13.1 Å². The summed E-state index contributed by atoms with van der Waals surface area (Å²) in [6.45, 7) is 6.27. The van der Waals surface area contributed by atoms with Crippen LogP contribution in [0.15, 0.2) is 30.5 Å². The fourth-order valence-electron chi connectivity index (χ4n) is 2.04. The van der Waals surface area contributed by atoms with Crippen molar-refractivity contribution in [2.45, 2.75) is 32.9 Å². The topological polar surface area (TPSA) is 42.2 Å². The molecule has 2 N–H and O–H groups in total. The Hall–Kier alpha value is -1.10. The maximum atomic E-state index is 5.64. The average Bonchev–Trinajstić information content (AvgIpc) is 2.75. The van der Waals surface area contributed by atoms with Crippen molar-refractivity contribution in [1.29, 1.82) is 0 Å². The largest absolute Gasteiger partial charge is 0.375 e. The number of hydrogen-bond acceptors (Lipinski definition) is 4. The van der Waals surface area contributed by atoms with Crippen molar-refractivity contribution in [3.05, 3.63) is 46.5 Å². The van der Waals surface area contributed by atoms with E-state index in [9.17, 15) is 0 Å². The van der Waals surface area contributed by atoms with Crippen molar-refractivity contribution in [3.63, 3.8) is 0 Å². The third-order valence-corrected chi connectivity index (χ3v) is 3.91. The first-order valence-electron chi connectivity index (χ1n) is 6.52. The van der Waals surface area contributed by atoms with Crippen LogP contribution in [0.2, 0.25) is 0 Å². The molecular formula is C15H22ClN3S. The molecule has 20 heavy (non-hydrogen) atoms. The third-order valence-electron chi connectivity index (χ3n) is 3.10. The molecule has 0 atom stereocenters. The van der Waals surface area contributed by atoms with E-state index >= 15 is 0 Å². The fourth-order valence-corrected chi connectivity index (χ4v) is 2.80. The number of nitrogens with zero attached hydrogens (tertiary/aromatic N) is 2. The molecule has 3 nitrogen and oxygen atoms in total. The summed E-state index contributed by atoms with van der Waals surface area (Å²) < 4.78 is 0. The van der Waals surface area contributed by atoms with Crippen LogP contribution in [0.3, 0.4) is 0 Å². The van der Waals surface area contributed by atoms with Crippen LogP contribution in [0.1, 0.15) is 35.8 Å².